The first-order valence-corrected chi connectivity index (χ1v) is 11.4. The number of amides is 1. The van der Waals surface area contributed by atoms with Crippen LogP contribution in [0, 0.1) is 0 Å². The smallest absolute Gasteiger partial charge is 0.252 e. The number of hydrogen-bond donors (Lipinski definition) is 3. The number of thiocarbonyl (C=S) groups is 1. The molecule has 0 spiro atoms. The number of benzene rings is 3. The normalized spacial score (nSPS) is 12.1. The van der Waals surface area contributed by atoms with E-state index in [-0.39, 0.29) is 5.11 Å². The third kappa shape index (κ3) is 7.85. The van der Waals surface area contributed by atoms with E-state index in [0.717, 1.165) is 5.69 Å². The fourth-order valence-corrected chi connectivity index (χ4v) is 3.24. The lowest BCUT2D eigenvalue weighted by atomic mass is 10.2. The van der Waals surface area contributed by atoms with Gasteiger partial charge in [0.2, 0.25) is 3.79 Å². The van der Waals surface area contributed by atoms with Crippen LogP contribution in [0.2, 0.25) is 0 Å². The summed E-state index contributed by atoms with van der Waals surface area (Å²) in [6.45, 7) is 0. The third-order valence-corrected chi connectivity index (χ3v) is 5.27. The fraction of sp³-hybridized carbons (Fsp3) is 0.130. The summed E-state index contributed by atoms with van der Waals surface area (Å²) in [5.74, 6) is 0.160. The van der Waals surface area contributed by atoms with E-state index in [2.05, 4.69) is 26.2 Å². The van der Waals surface area contributed by atoms with E-state index < -0.39 is 15.9 Å². The van der Waals surface area contributed by atoms with Gasteiger partial charge in [-0.1, -0.05) is 53.0 Å². The van der Waals surface area contributed by atoms with E-state index >= 15 is 0 Å². The number of hydrogen-bond acceptors (Lipinski definition) is 5. The van der Waals surface area contributed by atoms with Crippen LogP contribution in [-0.4, -0.2) is 28.1 Å². The third-order valence-electron chi connectivity index (χ3n) is 4.39. The summed E-state index contributed by atoms with van der Waals surface area (Å²) in [5, 5.41) is 16.9. The molecule has 11 heteroatoms. The number of azo groups is 1. The maximum absolute atomic E-state index is 12.6. The summed E-state index contributed by atoms with van der Waals surface area (Å²) in [5.41, 5.74) is 2.45. The molecule has 0 aliphatic heterocycles. The van der Waals surface area contributed by atoms with E-state index in [1.807, 2.05) is 30.3 Å². The van der Waals surface area contributed by atoms with Crippen LogP contribution in [0.1, 0.15) is 10.4 Å². The van der Waals surface area contributed by atoms with E-state index in [1.165, 1.54) is 7.11 Å². The van der Waals surface area contributed by atoms with Crippen LogP contribution in [0.4, 0.5) is 17.1 Å². The highest BCUT2D eigenvalue weighted by Gasteiger charge is 2.34. The van der Waals surface area contributed by atoms with Crippen molar-refractivity contribution in [3.05, 3.63) is 84.4 Å². The number of ether oxygens (including phenoxy) is 1. The zero-order valence-electron chi connectivity index (χ0n) is 17.8. The Bertz CT molecular complexity index is 1140. The van der Waals surface area contributed by atoms with Gasteiger partial charge in [-0.3, -0.25) is 4.79 Å². The SMILES string of the molecule is COc1ccc(C(=O)N[C@H](NC(=S)Nc2ccc(N=Nc3ccccc3)cc2)C(Cl)(Cl)Cl)cc1. The Labute approximate surface area is 217 Å². The van der Waals surface area contributed by atoms with Gasteiger partial charge in [0.15, 0.2) is 5.11 Å². The van der Waals surface area contributed by atoms with Crippen molar-refractivity contribution in [2.75, 3.05) is 12.4 Å². The summed E-state index contributed by atoms with van der Waals surface area (Å²) >= 11 is 23.5. The van der Waals surface area contributed by atoms with E-state index in [0.29, 0.717) is 22.7 Å². The Morgan fingerprint density at radius 1 is 0.882 bits per heavy atom. The molecular weight excluding hydrogens is 517 g/mol. The molecular formula is C23H20Cl3N5O2S. The number of carbonyl (C=O) groups is 1. The van der Waals surface area contributed by atoms with Crippen molar-refractivity contribution in [2.45, 2.75) is 9.96 Å². The summed E-state index contributed by atoms with van der Waals surface area (Å²) in [4.78, 5) is 12.6. The molecule has 1 amide bonds. The summed E-state index contributed by atoms with van der Waals surface area (Å²) in [6, 6.07) is 23.0. The van der Waals surface area contributed by atoms with Crippen molar-refractivity contribution < 1.29 is 9.53 Å². The largest absolute Gasteiger partial charge is 0.497 e. The standard InChI is InChI=1S/C23H20Cl3N5O2S/c1-33-19-13-7-15(8-14-19)20(32)28-21(23(24,25)26)29-22(34)27-16-9-11-18(12-10-16)31-30-17-5-3-2-4-6-17/h2-14,21H,1H3,(H,28,32)(H2,27,29,34)/t21-/m1/s1. The number of carbonyl (C=O) groups excluding carboxylic acids is 1. The van der Waals surface area contributed by atoms with E-state index in [1.54, 1.807) is 48.5 Å². The number of nitrogens with zero attached hydrogens (tertiary/aromatic N) is 2. The molecule has 3 aromatic carbocycles. The maximum Gasteiger partial charge on any atom is 0.252 e. The number of alkyl halides is 3. The Hall–Kier alpha value is -2.91. The quantitative estimate of drug-likeness (QED) is 0.138. The predicted molar refractivity (Wildman–Crippen MR) is 141 cm³/mol. The molecule has 0 aromatic heterocycles. The van der Waals surface area contributed by atoms with Crippen LogP contribution >= 0.6 is 47.0 Å². The zero-order valence-corrected chi connectivity index (χ0v) is 20.9. The van der Waals surface area contributed by atoms with Gasteiger partial charge in [-0.05, 0) is 72.9 Å². The van der Waals surface area contributed by atoms with Crippen molar-refractivity contribution in [1.82, 2.24) is 10.6 Å². The second-order valence-electron chi connectivity index (χ2n) is 6.86. The maximum atomic E-state index is 12.6. The fourth-order valence-electron chi connectivity index (χ4n) is 2.68. The molecule has 0 radical (unpaired) electrons. The van der Waals surface area contributed by atoms with Gasteiger partial charge in [0, 0.05) is 11.3 Å². The van der Waals surface area contributed by atoms with Crippen molar-refractivity contribution in [3.8, 4) is 5.75 Å². The molecule has 1 atom stereocenters. The monoisotopic (exact) mass is 535 g/mol. The first kappa shape index (κ1) is 25.7. The summed E-state index contributed by atoms with van der Waals surface area (Å²) in [7, 11) is 1.54. The molecule has 0 bridgehead atoms. The minimum absolute atomic E-state index is 0.144. The lowest BCUT2D eigenvalue weighted by molar-refractivity contribution is 0.0934. The highest BCUT2D eigenvalue weighted by atomic mass is 35.6. The van der Waals surface area contributed by atoms with Crippen molar-refractivity contribution >= 4 is 75.1 Å². The van der Waals surface area contributed by atoms with Gasteiger partial charge in [0.25, 0.3) is 5.91 Å². The second kappa shape index (κ2) is 12.0. The van der Waals surface area contributed by atoms with Crippen LogP contribution in [0.3, 0.4) is 0 Å². The lowest BCUT2D eigenvalue weighted by Crippen LogP contribution is -2.56. The molecule has 0 aliphatic rings. The predicted octanol–water partition coefficient (Wildman–Crippen LogP) is 6.52. The van der Waals surface area contributed by atoms with Gasteiger partial charge < -0.3 is 20.7 Å². The Balaban J connectivity index is 1.59. The first-order valence-electron chi connectivity index (χ1n) is 9.90. The van der Waals surface area contributed by atoms with Crippen molar-refractivity contribution in [2.24, 2.45) is 10.2 Å². The molecule has 3 aromatic rings. The highest BCUT2D eigenvalue weighted by molar-refractivity contribution is 7.80. The Morgan fingerprint density at radius 2 is 1.47 bits per heavy atom. The van der Waals surface area contributed by atoms with Gasteiger partial charge in [0.1, 0.15) is 11.9 Å². The van der Waals surface area contributed by atoms with Gasteiger partial charge >= 0.3 is 0 Å². The number of halogens is 3. The minimum Gasteiger partial charge on any atom is -0.497 e. The van der Waals surface area contributed by atoms with Gasteiger partial charge in [-0.15, -0.1) is 0 Å². The number of nitrogens with one attached hydrogen (secondary N) is 3. The molecule has 176 valence electrons. The lowest BCUT2D eigenvalue weighted by Gasteiger charge is -2.27. The molecule has 0 heterocycles. The highest BCUT2D eigenvalue weighted by Crippen LogP contribution is 2.29. The van der Waals surface area contributed by atoms with E-state index in [4.69, 9.17) is 51.8 Å². The van der Waals surface area contributed by atoms with Gasteiger partial charge in [-0.25, -0.2) is 0 Å². The molecule has 0 aliphatic carbocycles. The number of anilines is 1. The Morgan fingerprint density at radius 3 is 2.03 bits per heavy atom. The van der Waals surface area contributed by atoms with Crippen LogP contribution in [-0.2, 0) is 0 Å². The molecule has 0 saturated heterocycles. The van der Waals surface area contributed by atoms with Gasteiger partial charge in [0.05, 0.1) is 18.5 Å². The molecule has 34 heavy (non-hydrogen) atoms. The van der Waals surface area contributed by atoms with E-state index in [9.17, 15) is 4.79 Å². The molecule has 0 unspecified atom stereocenters. The Kier molecular flexibility index (Phi) is 9.06. The average molecular weight is 537 g/mol. The molecule has 7 nitrogen and oxygen atoms in total. The second-order valence-corrected chi connectivity index (χ2v) is 9.63. The average Bonchev–Trinajstić information content (AvgIpc) is 2.83. The van der Waals surface area contributed by atoms with Crippen LogP contribution in [0.5, 0.6) is 5.75 Å². The molecule has 3 rings (SSSR count). The van der Waals surface area contributed by atoms with Crippen LogP contribution < -0.4 is 20.7 Å². The zero-order chi connectivity index (χ0) is 24.6. The molecule has 3 N–H and O–H groups in total. The van der Waals surface area contributed by atoms with Gasteiger partial charge in [-0.2, -0.15) is 10.2 Å². The first-order chi connectivity index (χ1) is 16.2. The topological polar surface area (TPSA) is 87.1 Å². The van der Waals surface area contributed by atoms with Crippen LogP contribution in [0.25, 0.3) is 0 Å². The minimum atomic E-state index is -1.88. The summed E-state index contributed by atoms with van der Waals surface area (Å²) in [6.07, 6.45) is -1.11. The molecule has 0 saturated carbocycles. The number of rotatable bonds is 7. The van der Waals surface area contributed by atoms with Crippen molar-refractivity contribution in [1.29, 1.82) is 0 Å². The summed E-state index contributed by atoms with van der Waals surface area (Å²) < 4.78 is 3.21. The van der Waals surface area contributed by atoms with Crippen LogP contribution in [0.15, 0.2) is 89.1 Å². The number of methoxy groups -OCH3 is 1. The molecule has 0 fully saturated rings. The van der Waals surface area contributed by atoms with Crippen molar-refractivity contribution in [3.63, 3.8) is 0 Å².